The average Bonchev–Trinajstić information content (AvgIpc) is 2.84. The van der Waals surface area contributed by atoms with E-state index in [1.807, 2.05) is 30.3 Å². The summed E-state index contributed by atoms with van der Waals surface area (Å²) < 4.78 is 5.32. The third kappa shape index (κ3) is 20.7. The maximum atomic E-state index is 11.8. The molecule has 4 nitrogen and oxygen atoms in total. The Morgan fingerprint density at radius 2 is 0.882 bits per heavy atom. The van der Waals surface area contributed by atoms with Gasteiger partial charge in [-0.15, -0.1) is 0 Å². The van der Waals surface area contributed by atoms with Gasteiger partial charge in [0.05, 0.1) is 0 Å². The van der Waals surface area contributed by atoms with Gasteiger partial charge in [-0.2, -0.15) is 0 Å². The molecule has 0 aliphatic rings. The van der Waals surface area contributed by atoms with Gasteiger partial charge in [-0.1, -0.05) is 139 Å². The monoisotopic (exact) mass is 474 g/mol. The van der Waals surface area contributed by atoms with Crippen LogP contribution in [0.2, 0.25) is 0 Å². The number of hydrogen-bond donors (Lipinski definition) is 1. The number of esters is 1. The minimum atomic E-state index is -0.664. The van der Waals surface area contributed by atoms with E-state index in [1.165, 1.54) is 96.3 Å². The van der Waals surface area contributed by atoms with Crippen molar-refractivity contribution >= 4 is 11.9 Å². The van der Waals surface area contributed by atoms with E-state index in [9.17, 15) is 9.59 Å². The van der Waals surface area contributed by atoms with Gasteiger partial charge in [0.15, 0.2) is 0 Å². The Hall–Kier alpha value is -1.84. The normalized spacial score (nSPS) is 10.9. The van der Waals surface area contributed by atoms with Gasteiger partial charge in [0.1, 0.15) is 6.61 Å². The molecular formula is C30H50O4. The zero-order valence-corrected chi connectivity index (χ0v) is 21.6. The molecule has 0 radical (unpaired) electrons. The highest BCUT2D eigenvalue weighted by Crippen LogP contribution is 2.15. The first-order valence-electron chi connectivity index (χ1n) is 14.1. The largest absolute Gasteiger partial charge is 0.481 e. The molecule has 0 aliphatic heterocycles. The second-order valence-electron chi connectivity index (χ2n) is 9.76. The number of carboxylic acids is 1. The number of aliphatic carboxylic acids is 1. The topological polar surface area (TPSA) is 63.6 Å². The van der Waals surface area contributed by atoms with Gasteiger partial charge < -0.3 is 9.84 Å². The Morgan fingerprint density at radius 1 is 0.529 bits per heavy atom. The third-order valence-corrected chi connectivity index (χ3v) is 6.51. The predicted octanol–water partition coefficient (Wildman–Crippen LogP) is 9.01. The molecule has 0 fully saturated rings. The molecule has 0 unspecified atom stereocenters. The van der Waals surface area contributed by atoms with Crippen molar-refractivity contribution in [1.82, 2.24) is 0 Å². The summed E-state index contributed by atoms with van der Waals surface area (Å²) in [6.07, 6.45) is 24.8. The highest BCUT2D eigenvalue weighted by molar-refractivity contribution is 5.69. The fraction of sp³-hybridized carbons (Fsp3) is 0.733. The first kappa shape index (κ1) is 30.2. The average molecular weight is 475 g/mol. The van der Waals surface area contributed by atoms with Crippen LogP contribution in [0.3, 0.4) is 0 Å². The number of benzene rings is 1. The summed E-state index contributed by atoms with van der Waals surface area (Å²) in [6, 6.07) is 9.86. The van der Waals surface area contributed by atoms with Crippen molar-refractivity contribution in [1.29, 1.82) is 0 Å². The van der Waals surface area contributed by atoms with Gasteiger partial charge >= 0.3 is 11.9 Å². The van der Waals surface area contributed by atoms with Crippen molar-refractivity contribution in [2.75, 3.05) is 0 Å². The number of unbranched alkanes of at least 4 members (excludes halogenated alkanes) is 18. The van der Waals surface area contributed by atoms with E-state index in [4.69, 9.17) is 9.84 Å². The molecule has 1 N–H and O–H groups in total. The lowest BCUT2D eigenvalue weighted by Crippen LogP contribution is -2.04. The SMILES string of the molecule is O=C(O)CCCCCCCCCCCCCCCCCCCCCC(=O)OCc1ccccc1. The van der Waals surface area contributed by atoms with E-state index in [2.05, 4.69) is 0 Å². The van der Waals surface area contributed by atoms with E-state index in [0.717, 1.165) is 31.2 Å². The fourth-order valence-electron chi connectivity index (χ4n) is 4.36. The zero-order valence-electron chi connectivity index (χ0n) is 21.6. The summed E-state index contributed by atoms with van der Waals surface area (Å²) in [4.78, 5) is 22.2. The Bertz CT molecular complexity index is 599. The molecule has 0 saturated carbocycles. The second kappa shape index (κ2) is 22.9. The van der Waals surface area contributed by atoms with Crippen LogP contribution in [0.25, 0.3) is 0 Å². The molecule has 0 bridgehead atoms. The molecule has 0 heterocycles. The molecule has 0 aliphatic carbocycles. The fourth-order valence-corrected chi connectivity index (χ4v) is 4.36. The van der Waals surface area contributed by atoms with Gasteiger partial charge in [-0.25, -0.2) is 0 Å². The van der Waals surface area contributed by atoms with Gasteiger partial charge in [0.2, 0.25) is 0 Å². The summed E-state index contributed by atoms with van der Waals surface area (Å²) in [5.74, 6) is -0.739. The second-order valence-corrected chi connectivity index (χ2v) is 9.76. The quantitative estimate of drug-likeness (QED) is 0.120. The maximum absolute atomic E-state index is 11.8. The third-order valence-electron chi connectivity index (χ3n) is 6.51. The number of carbonyl (C=O) groups is 2. The Kier molecular flexibility index (Phi) is 20.4. The molecule has 0 saturated heterocycles. The van der Waals surface area contributed by atoms with Crippen LogP contribution < -0.4 is 0 Å². The lowest BCUT2D eigenvalue weighted by Gasteiger charge is -2.05. The van der Waals surface area contributed by atoms with Crippen molar-refractivity contribution in [3.8, 4) is 0 Å². The molecule has 0 amide bonds. The maximum Gasteiger partial charge on any atom is 0.306 e. The number of hydrogen-bond acceptors (Lipinski definition) is 3. The molecular weight excluding hydrogens is 424 g/mol. The van der Waals surface area contributed by atoms with Crippen molar-refractivity contribution in [3.63, 3.8) is 0 Å². The Balaban J connectivity index is 1.70. The first-order valence-corrected chi connectivity index (χ1v) is 14.1. The van der Waals surface area contributed by atoms with E-state index in [0.29, 0.717) is 19.4 Å². The number of ether oxygens (including phenoxy) is 1. The predicted molar refractivity (Wildman–Crippen MR) is 141 cm³/mol. The van der Waals surface area contributed by atoms with Gasteiger partial charge in [-0.3, -0.25) is 9.59 Å². The Labute approximate surface area is 208 Å². The van der Waals surface area contributed by atoms with Crippen LogP contribution in [0.1, 0.15) is 140 Å². The lowest BCUT2D eigenvalue weighted by atomic mass is 10.0. The van der Waals surface area contributed by atoms with Crippen LogP contribution >= 0.6 is 0 Å². The van der Waals surface area contributed by atoms with Crippen LogP contribution in [-0.4, -0.2) is 17.0 Å². The molecule has 0 aromatic heterocycles. The van der Waals surface area contributed by atoms with Gasteiger partial charge in [-0.05, 0) is 18.4 Å². The summed E-state index contributed by atoms with van der Waals surface area (Å²) in [7, 11) is 0. The number of rotatable bonds is 24. The minimum absolute atomic E-state index is 0.0752. The smallest absolute Gasteiger partial charge is 0.306 e. The minimum Gasteiger partial charge on any atom is -0.481 e. The highest BCUT2D eigenvalue weighted by atomic mass is 16.5. The standard InChI is InChI=1S/C30H50O4/c31-29(32)25-21-16-14-12-10-8-6-4-2-1-3-5-7-9-11-13-15-17-22-26-30(33)34-27-28-23-19-18-20-24-28/h18-20,23-24H,1-17,21-22,25-27H2,(H,31,32). The van der Waals surface area contributed by atoms with Crippen LogP contribution in [0.4, 0.5) is 0 Å². The molecule has 4 heteroatoms. The van der Waals surface area contributed by atoms with Crippen LogP contribution in [0.15, 0.2) is 30.3 Å². The summed E-state index contributed by atoms with van der Waals surface area (Å²) in [5, 5.41) is 8.60. The summed E-state index contributed by atoms with van der Waals surface area (Å²) >= 11 is 0. The molecule has 34 heavy (non-hydrogen) atoms. The molecule has 1 rings (SSSR count). The molecule has 0 atom stereocenters. The Morgan fingerprint density at radius 3 is 1.26 bits per heavy atom. The summed E-state index contributed by atoms with van der Waals surface area (Å²) in [5.41, 5.74) is 1.05. The number of carboxylic acid groups (broad SMARTS) is 1. The van der Waals surface area contributed by atoms with E-state index in [1.54, 1.807) is 0 Å². The van der Waals surface area contributed by atoms with Crippen molar-refractivity contribution < 1.29 is 19.4 Å². The zero-order chi connectivity index (χ0) is 24.5. The number of carbonyl (C=O) groups excluding carboxylic acids is 1. The van der Waals surface area contributed by atoms with Crippen molar-refractivity contribution in [2.45, 2.75) is 141 Å². The van der Waals surface area contributed by atoms with E-state index in [-0.39, 0.29) is 5.97 Å². The molecule has 194 valence electrons. The van der Waals surface area contributed by atoms with Crippen LogP contribution in [-0.2, 0) is 20.9 Å². The molecule has 1 aromatic rings. The first-order chi connectivity index (χ1) is 16.7. The van der Waals surface area contributed by atoms with Crippen LogP contribution in [0, 0.1) is 0 Å². The molecule has 1 aromatic carbocycles. The van der Waals surface area contributed by atoms with Crippen molar-refractivity contribution in [2.24, 2.45) is 0 Å². The summed E-state index contributed by atoms with van der Waals surface area (Å²) in [6.45, 7) is 0.387. The highest BCUT2D eigenvalue weighted by Gasteiger charge is 2.03. The van der Waals surface area contributed by atoms with E-state index < -0.39 is 5.97 Å². The lowest BCUT2D eigenvalue weighted by molar-refractivity contribution is -0.145. The van der Waals surface area contributed by atoms with E-state index >= 15 is 0 Å². The van der Waals surface area contributed by atoms with Gasteiger partial charge in [0, 0.05) is 12.8 Å². The van der Waals surface area contributed by atoms with Crippen LogP contribution in [0.5, 0.6) is 0 Å². The van der Waals surface area contributed by atoms with Gasteiger partial charge in [0.25, 0.3) is 0 Å². The van der Waals surface area contributed by atoms with Crippen molar-refractivity contribution in [3.05, 3.63) is 35.9 Å². The molecule has 0 spiro atoms.